The molecule has 5 unspecified atom stereocenters. The van der Waals surface area contributed by atoms with Gasteiger partial charge in [-0.1, -0.05) is 12.1 Å². The van der Waals surface area contributed by atoms with Crippen LogP contribution in [0.2, 0.25) is 0 Å². The third kappa shape index (κ3) is 2.78. The van der Waals surface area contributed by atoms with Gasteiger partial charge in [-0.25, -0.2) is 4.68 Å². The predicted molar refractivity (Wildman–Crippen MR) is 103 cm³/mol. The van der Waals surface area contributed by atoms with Crippen LogP contribution in [-0.2, 0) is 4.79 Å². The van der Waals surface area contributed by atoms with Gasteiger partial charge in [0.15, 0.2) is 0 Å². The first-order chi connectivity index (χ1) is 13.3. The van der Waals surface area contributed by atoms with Gasteiger partial charge in [-0.15, -0.1) is 0 Å². The van der Waals surface area contributed by atoms with Crippen LogP contribution in [0.5, 0.6) is 0 Å². The second-order valence-electron chi connectivity index (χ2n) is 8.07. The zero-order chi connectivity index (χ0) is 18.4. The largest absolute Gasteiger partial charge is 0.339 e. The van der Waals surface area contributed by atoms with E-state index in [4.69, 9.17) is 0 Å². The molecule has 2 N–H and O–H groups in total. The number of rotatable bonds is 3. The first kappa shape index (κ1) is 17.0. The maximum atomic E-state index is 13.0. The van der Waals surface area contributed by atoms with E-state index >= 15 is 0 Å². The number of amides is 1. The lowest BCUT2D eigenvalue weighted by Crippen LogP contribution is -2.61. The van der Waals surface area contributed by atoms with Crippen molar-refractivity contribution >= 4 is 5.91 Å². The van der Waals surface area contributed by atoms with Gasteiger partial charge in [-0.3, -0.25) is 15.6 Å². The molecule has 2 aromatic rings. The van der Waals surface area contributed by atoms with Crippen molar-refractivity contribution in [3.63, 3.8) is 0 Å². The number of carbonyl (C=O) groups excluding carboxylic acids is 1. The van der Waals surface area contributed by atoms with Gasteiger partial charge >= 0.3 is 0 Å². The van der Waals surface area contributed by atoms with E-state index in [2.05, 4.69) is 52.0 Å². The molecule has 0 radical (unpaired) electrons. The van der Waals surface area contributed by atoms with Crippen LogP contribution in [0.15, 0.2) is 42.7 Å². The molecule has 2 saturated heterocycles. The third-order valence-corrected chi connectivity index (χ3v) is 6.81. The Balaban J connectivity index is 1.41. The highest BCUT2D eigenvalue weighted by molar-refractivity contribution is 5.81. The topological polar surface area (TPSA) is 62.2 Å². The van der Waals surface area contributed by atoms with Crippen molar-refractivity contribution in [2.24, 2.45) is 11.8 Å². The molecule has 1 aromatic heterocycles. The number of piperidine rings is 1. The number of hydrazine groups is 1. The summed E-state index contributed by atoms with van der Waals surface area (Å²) < 4.78 is 1.91. The first-order valence-corrected chi connectivity index (χ1v) is 10.1. The molecule has 5 atom stereocenters. The Kier molecular flexibility index (Phi) is 4.25. The molecule has 1 saturated carbocycles. The van der Waals surface area contributed by atoms with E-state index in [-0.39, 0.29) is 5.92 Å². The number of hydrogen-bond donors (Lipinski definition) is 2. The summed E-state index contributed by atoms with van der Waals surface area (Å²) in [7, 11) is 0. The Labute approximate surface area is 159 Å². The van der Waals surface area contributed by atoms with E-state index in [0.29, 0.717) is 29.8 Å². The van der Waals surface area contributed by atoms with Gasteiger partial charge in [-0.2, -0.15) is 5.10 Å². The molecule has 5 rings (SSSR count). The smallest absolute Gasteiger partial charge is 0.228 e. The summed E-state index contributed by atoms with van der Waals surface area (Å²) >= 11 is 0. The summed E-state index contributed by atoms with van der Waals surface area (Å²) in [4.78, 5) is 15.1. The molecule has 3 heterocycles. The minimum Gasteiger partial charge on any atom is -0.339 e. The average Bonchev–Trinajstić information content (AvgIpc) is 3.40. The van der Waals surface area contributed by atoms with Crippen LogP contribution in [0.3, 0.4) is 0 Å². The van der Waals surface area contributed by atoms with Crippen molar-refractivity contribution in [3.8, 4) is 5.69 Å². The SMILES string of the molecule is CCN1C(=O)C2CNNC2C2CCC(c3cccc(-n4cccn4)c3)CC21. The fraction of sp³-hybridized carbons (Fsp3) is 0.524. The van der Waals surface area contributed by atoms with Crippen molar-refractivity contribution in [2.75, 3.05) is 13.1 Å². The molecule has 142 valence electrons. The molecule has 6 nitrogen and oxygen atoms in total. The van der Waals surface area contributed by atoms with Crippen LogP contribution < -0.4 is 10.9 Å². The monoisotopic (exact) mass is 365 g/mol. The van der Waals surface area contributed by atoms with Crippen molar-refractivity contribution in [2.45, 2.75) is 44.2 Å². The lowest BCUT2D eigenvalue weighted by Gasteiger charge is -2.50. The van der Waals surface area contributed by atoms with Gasteiger partial charge < -0.3 is 4.90 Å². The molecule has 2 aliphatic heterocycles. The summed E-state index contributed by atoms with van der Waals surface area (Å²) in [5, 5.41) is 4.36. The zero-order valence-electron chi connectivity index (χ0n) is 15.7. The lowest BCUT2D eigenvalue weighted by atomic mass is 9.67. The summed E-state index contributed by atoms with van der Waals surface area (Å²) in [6, 6.07) is 11.3. The van der Waals surface area contributed by atoms with Crippen molar-refractivity contribution in [1.29, 1.82) is 0 Å². The minimum atomic E-state index is 0.103. The van der Waals surface area contributed by atoms with E-state index in [9.17, 15) is 4.79 Å². The van der Waals surface area contributed by atoms with Gasteiger partial charge in [-0.05, 0) is 61.8 Å². The number of likely N-dealkylation sites (tertiary alicyclic amines) is 1. The molecule has 1 aromatic carbocycles. The molecule has 3 aliphatic rings. The van der Waals surface area contributed by atoms with E-state index in [0.717, 1.165) is 25.2 Å². The van der Waals surface area contributed by atoms with Crippen molar-refractivity contribution < 1.29 is 4.79 Å². The molecule has 3 fully saturated rings. The fourth-order valence-electron chi connectivity index (χ4n) is 5.52. The highest BCUT2D eigenvalue weighted by Crippen LogP contribution is 2.44. The summed E-state index contributed by atoms with van der Waals surface area (Å²) in [6.07, 6.45) is 7.19. The van der Waals surface area contributed by atoms with Crippen molar-refractivity contribution in [3.05, 3.63) is 48.3 Å². The van der Waals surface area contributed by atoms with Crippen LogP contribution >= 0.6 is 0 Å². The fourth-order valence-corrected chi connectivity index (χ4v) is 5.52. The molecule has 1 amide bonds. The number of nitrogens with one attached hydrogen (secondary N) is 2. The quantitative estimate of drug-likeness (QED) is 0.874. The number of aromatic nitrogens is 2. The summed E-state index contributed by atoms with van der Waals surface area (Å²) in [5.74, 6) is 1.47. The van der Waals surface area contributed by atoms with Crippen LogP contribution in [-0.4, -0.2) is 45.8 Å². The maximum Gasteiger partial charge on any atom is 0.228 e. The number of hydrogen-bond acceptors (Lipinski definition) is 4. The molecular weight excluding hydrogens is 338 g/mol. The van der Waals surface area contributed by atoms with E-state index in [1.807, 2.05) is 23.1 Å². The highest BCUT2D eigenvalue weighted by Gasteiger charge is 2.51. The lowest BCUT2D eigenvalue weighted by molar-refractivity contribution is -0.146. The Morgan fingerprint density at radius 1 is 1.26 bits per heavy atom. The highest BCUT2D eigenvalue weighted by atomic mass is 16.2. The number of nitrogens with zero attached hydrogens (tertiary/aromatic N) is 3. The third-order valence-electron chi connectivity index (χ3n) is 6.81. The second kappa shape index (κ2) is 6.77. The first-order valence-electron chi connectivity index (χ1n) is 10.1. The van der Waals surface area contributed by atoms with E-state index in [1.54, 1.807) is 0 Å². The second-order valence-corrected chi connectivity index (χ2v) is 8.07. The van der Waals surface area contributed by atoms with Crippen LogP contribution in [0.25, 0.3) is 5.69 Å². The molecule has 0 bridgehead atoms. The van der Waals surface area contributed by atoms with E-state index in [1.165, 1.54) is 18.4 Å². The number of carbonyl (C=O) groups is 1. The van der Waals surface area contributed by atoms with E-state index < -0.39 is 0 Å². The predicted octanol–water partition coefficient (Wildman–Crippen LogP) is 2.08. The van der Waals surface area contributed by atoms with Gasteiger partial charge in [0.05, 0.1) is 11.6 Å². The summed E-state index contributed by atoms with van der Waals surface area (Å²) in [5.41, 5.74) is 9.11. The van der Waals surface area contributed by atoms with Crippen LogP contribution in [0, 0.1) is 11.8 Å². The Hall–Kier alpha value is -2.18. The van der Waals surface area contributed by atoms with Crippen LogP contribution in [0.1, 0.15) is 37.7 Å². The average molecular weight is 365 g/mol. The van der Waals surface area contributed by atoms with Gasteiger partial charge in [0.1, 0.15) is 0 Å². The maximum absolute atomic E-state index is 13.0. The number of fused-ring (bicyclic) bond motifs is 3. The Morgan fingerprint density at radius 2 is 2.19 bits per heavy atom. The number of benzene rings is 1. The molecular formula is C21H27N5O. The molecule has 6 heteroatoms. The van der Waals surface area contributed by atoms with Crippen molar-refractivity contribution in [1.82, 2.24) is 25.5 Å². The van der Waals surface area contributed by atoms with Gasteiger partial charge in [0.2, 0.25) is 5.91 Å². The molecule has 0 spiro atoms. The van der Waals surface area contributed by atoms with Gasteiger partial charge in [0, 0.05) is 37.6 Å². The Bertz CT molecular complexity index is 820. The van der Waals surface area contributed by atoms with Gasteiger partial charge in [0.25, 0.3) is 0 Å². The molecule has 1 aliphatic carbocycles. The zero-order valence-corrected chi connectivity index (χ0v) is 15.7. The normalized spacial score (nSPS) is 33.0. The van der Waals surface area contributed by atoms with Crippen LogP contribution in [0.4, 0.5) is 0 Å². The summed E-state index contributed by atoms with van der Waals surface area (Å²) in [6.45, 7) is 3.69. The standard InChI is InChI=1S/C21H27N5O/c1-2-25-19-12-15(7-8-17(19)20-18(21(25)27)13-22-24-20)14-5-3-6-16(11-14)26-10-4-9-23-26/h3-6,9-11,15,17-20,22,24H,2,7-8,12-13H2,1H3. The minimum absolute atomic E-state index is 0.103. The molecule has 27 heavy (non-hydrogen) atoms. The Morgan fingerprint density at radius 3 is 3.00 bits per heavy atom.